The van der Waals surface area contributed by atoms with Gasteiger partial charge < -0.3 is 0 Å². The smallest absolute Gasteiger partial charge is 0.00983 e. The van der Waals surface area contributed by atoms with E-state index in [9.17, 15) is 0 Å². The minimum absolute atomic E-state index is 0.298. The first-order valence-electron chi connectivity index (χ1n) is 9.71. The Balaban J connectivity index is 2.03. The number of hydrogen-bond acceptors (Lipinski definition) is 0. The van der Waals surface area contributed by atoms with Gasteiger partial charge in [-0.1, -0.05) is 49.0 Å². The maximum absolute atomic E-state index is 2.46. The molecule has 0 saturated carbocycles. The molecule has 2 aliphatic carbocycles. The number of rotatable bonds is 5. The second kappa shape index (κ2) is 6.36. The molecule has 0 heteroatoms. The van der Waals surface area contributed by atoms with E-state index in [4.69, 9.17) is 0 Å². The second-order valence-electron chi connectivity index (χ2n) is 8.87. The highest BCUT2D eigenvalue weighted by Gasteiger charge is 2.37. The number of hydrogen-bond donors (Lipinski definition) is 0. The molecule has 0 amide bonds. The molecule has 0 spiro atoms. The Labute approximate surface area is 150 Å². The van der Waals surface area contributed by atoms with Gasteiger partial charge in [0.2, 0.25) is 0 Å². The van der Waals surface area contributed by atoms with Crippen LogP contribution < -0.4 is 0 Å². The first-order valence-corrected chi connectivity index (χ1v) is 9.71. The highest BCUT2D eigenvalue weighted by Crippen LogP contribution is 2.52. The van der Waals surface area contributed by atoms with Crippen molar-refractivity contribution >= 4 is 0 Å². The molecule has 0 atom stereocenters. The molecule has 2 rings (SSSR count). The van der Waals surface area contributed by atoms with Crippen LogP contribution in [0.15, 0.2) is 44.6 Å². The Morgan fingerprint density at radius 3 is 0.875 bits per heavy atom. The van der Waals surface area contributed by atoms with Crippen LogP contribution in [-0.2, 0) is 0 Å². The van der Waals surface area contributed by atoms with Crippen LogP contribution in [-0.4, -0.2) is 0 Å². The fourth-order valence-corrected chi connectivity index (χ4v) is 5.05. The Morgan fingerprint density at radius 2 is 0.667 bits per heavy atom. The van der Waals surface area contributed by atoms with E-state index < -0.39 is 0 Å². The molecule has 0 bridgehead atoms. The molecule has 0 aromatic carbocycles. The van der Waals surface area contributed by atoms with Gasteiger partial charge >= 0.3 is 0 Å². The predicted molar refractivity (Wildman–Crippen MR) is 108 cm³/mol. The number of unbranched alkanes of at least 4 members (excludes halogenated alkanes) is 1. The molecule has 0 aromatic heterocycles. The maximum atomic E-state index is 2.46. The van der Waals surface area contributed by atoms with Crippen LogP contribution in [0, 0.1) is 10.8 Å². The molecule has 0 aliphatic heterocycles. The van der Waals surface area contributed by atoms with Crippen LogP contribution >= 0.6 is 0 Å². The van der Waals surface area contributed by atoms with Gasteiger partial charge in [0, 0.05) is 10.8 Å². The van der Waals surface area contributed by atoms with Crippen LogP contribution in [0.25, 0.3) is 0 Å². The van der Waals surface area contributed by atoms with Gasteiger partial charge in [-0.05, 0) is 90.5 Å². The van der Waals surface area contributed by atoms with Crippen molar-refractivity contribution in [2.45, 2.75) is 94.9 Å². The third kappa shape index (κ3) is 2.67. The van der Waals surface area contributed by atoms with E-state index in [0.29, 0.717) is 10.8 Å². The summed E-state index contributed by atoms with van der Waals surface area (Å²) >= 11 is 0. The quantitative estimate of drug-likeness (QED) is 0.450. The van der Waals surface area contributed by atoms with Gasteiger partial charge in [0.05, 0.1) is 0 Å². The van der Waals surface area contributed by atoms with Crippen molar-refractivity contribution in [2.75, 3.05) is 0 Å². The zero-order valence-electron chi connectivity index (χ0n) is 17.8. The van der Waals surface area contributed by atoms with Gasteiger partial charge in [0.1, 0.15) is 0 Å². The molecule has 0 saturated heterocycles. The van der Waals surface area contributed by atoms with Crippen molar-refractivity contribution in [2.24, 2.45) is 10.8 Å². The Morgan fingerprint density at radius 1 is 0.458 bits per heavy atom. The van der Waals surface area contributed by atoms with Crippen LogP contribution in [0.1, 0.15) is 94.9 Å². The molecule has 0 N–H and O–H groups in total. The summed E-state index contributed by atoms with van der Waals surface area (Å²) in [6, 6.07) is 0. The fourth-order valence-electron chi connectivity index (χ4n) is 5.05. The Bertz CT molecular complexity index is 565. The van der Waals surface area contributed by atoms with Gasteiger partial charge in [0.25, 0.3) is 0 Å². The maximum Gasteiger partial charge on any atom is 0.00983 e. The summed E-state index contributed by atoms with van der Waals surface area (Å²) in [5.74, 6) is 0. The van der Waals surface area contributed by atoms with Gasteiger partial charge in [-0.15, -0.1) is 0 Å². The topological polar surface area (TPSA) is 0 Å². The number of allylic oxidation sites excluding steroid dienone is 8. The van der Waals surface area contributed by atoms with Gasteiger partial charge in [-0.2, -0.15) is 0 Å². The summed E-state index contributed by atoms with van der Waals surface area (Å²) in [7, 11) is 0. The van der Waals surface area contributed by atoms with E-state index in [1.807, 2.05) is 0 Å². The lowest BCUT2D eigenvalue weighted by Gasteiger charge is -2.32. The third-order valence-corrected chi connectivity index (χ3v) is 8.29. The average molecular weight is 327 g/mol. The summed E-state index contributed by atoms with van der Waals surface area (Å²) in [6.07, 6.45) is 5.22. The van der Waals surface area contributed by atoms with Crippen LogP contribution in [0.5, 0.6) is 0 Å². The van der Waals surface area contributed by atoms with Crippen LogP contribution in [0.3, 0.4) is 0 Å². The van der Waals surface area contributed by atoms with E-state index >= 15 is 0 Å². The molecule has 0 radical (unpaired) electrons. The molecule has 0 nitrogen and oxygen atoms in total. The van der Waals surface area contributed by atoms with E-state index in [-0.39, 0.29) is 0 Å². The summed E-state index contributed by atoms with van der Waals surface area (Å²) in [4.78, 5) is 0. The normalized spacial score (nSPS) is 23.2. The molecule has 0 fully saturated rings. The first-order chi connectivity index (χ1) is 11.0. The molecule has 0 aromatic rings. The van der Waals surface area contributed by atoms with Gasteiger partial charge in [-0.25, -0.2) is 0 Å². The summed E-state index contributed by atoms with van der Waals surface area (Å²) in [6.45, 7) is 23.5. The molecule has 24 heavy (non-hydrogen) atoms. The highest BCUT2D eigenvalue weighted by molar-refractivity contribution is 5.50. The van der Waals surface area contributed by atoms with Crippen molar-refractivity contribution in [3.63, 3.8) is 0 Å². The average Bonchev–Trinajstić information content (AvgIpc) is 2.80. The Kier molecular flexibility index (Phi) is 5.11. The first kappa shape index (κ1) is 19.3. The molecular weight excluding hydrogens is 288 g/mol. The van der Waals surface area contributed by atoms with E-state index in [0.717, 1.165) is 0 Å². The lowest BCUT2D eigenvalue weighted by atomic mass is 9.72. The minimum Gasteiger partial charge on any atom is -0.0601 e. The third-order valence-electron chi connectivity index (χ3n) is 8.29. The standard InChI is InChI=1S/C24H38/c1-15-16(2)20(6)23(9,19(15)5)13-11-12-14-24(10)21(7)17(3)18(4)22(24)8/h11-14H2,1-10H3. The zero-order valence-corrected chi connectivity index (χ0v) is 17.8. The minimum atomic E-state index is 0.298. The molecule has 134 valence electrons. The van der Waals surface area contributed by atoms with Crippen LogP contribution in [0.4, 0.5) is 0 Å². The van der Waals surface area contributed by atoms with E-state index in [1.165, 1.54) is 48.0 Å². The van der Waals surface area contributed by atoms with Gasteiger partial charge in [-0.3, -0.25) is 0 Å². The summed E-state index contributed by atoms with van der Waals surface area (Å²) in [5, 5.41) is 0. The summed E-state index contributed by atoms with van der Waals surface area (Å²) in [5.41, 5.74) is 13.1. The lowest BCUT2D eigenvalue weighted by molar-refractivity contribution is 0.374. The molecule has 0 heterocycles. The SMILES string of the molecule is CC1=C(C)C(C)(CCCCC2(C)C(C)=C(C)C(C)=C2C)C(C)=C1C. The van der Waals surface area contributed by atoms with Gasteiger partial charge in [0.15, 0.2) is 0 Å². The molecular formula is C24H38. The van der Waals surface area contributed by atoms with Crippen molar-refractivity contribution in [3.05, 3.63) is 44.6 Å². The van der Waals surface area contributed by atoms with Crippen molar-refractivity contribution in [1.29, 1.82) is 0 Å². The van der Waals surface area contributed by atoms with Crippen molar-refractivity contribution in [3.8, 4) is 0 Å². The predicted octanol–water partition coefficient (Wildman–Crippen LogP) is 7.93. The van der Waals surface area contributed by atoms with Crippen molar-refractivity contribution in [1.82, 2.24) is 0 Å². The lowest BCUT2D eigenvalue weighted by Crippen LogP contribution is -2.19. The largest absolute Gasteiger partial charge is 0.0601 e. The fraction of sp³-hybridized carbons (Fsp3) is 0.667. The van der Waals surface area contributed by atoms with Crippen molar-refractivity contribution < 1.29 is 0 Å². The molecule has 0 unspecified atom stereocenters. The zero-order chi connectivity index (χ0) is 18.4. The monoisotopic (exact) mass is 326 g/mol. The second-order valence-corrected chi connectivity index (χ2v) is 8.87. The Hall–Kier alpha value is -1.04. The van der Waals surface area contributed by atoms with E-state index in [2.05, 4.69) is 69.2 Å². The highest BCUT2D eigenvalue weighted by atomic mass is 14.4. The molecule has 2 aliphatic rings. The summed E-state index contributed by atoms with van der Waals surface area (Å²) < 4.78 is 0. The van der Waals surface area contributed by atoms with E-state index in [1.54, 1.807) is 22.3 Å². The van der Waals surface area contributed by atoms with Crippen LogP contribution in [0.2, 0.25) is 0 Å².